The summed E-state index contributed by atoms with van der Waals surface area (Å²) in [6.45, 7) is 4.35. The van der Waals surface area contributed by atoms with Crippen LogP contribution >= 0.6 is 11.8 Å². The van der Waals surface area contributed by atoms with E-state index < -0.39 is 5.92 Å². The van der Waals surface area contributed by atoms with Crippen LogP contribution in [0.4, 0.5) is 5.69 Å². The van der Waals surface area contributed by atoms with Gasteiger partial charge in [-0.05, 0) is 43.2 Å². The Balaban J connectivity index is 1.97. The molecule has 1 unspecified atom stereocenters. The monoisotopic (exact) mass is 414 g/mol. The highest BCUT2D eigenvalue weighted by Gasteiger charge is 2.43. The van der Waals surface area contributed by atoms with Crippen LogP contribution in [-0.4, -0.2) is 49.7 Å². The largest absolute Gasteiger partial charge is 0.464 e. The van der Waals surface area contributed by atoms with Crippen molar-refractivity contribution in [1.29, 1.82) is 0 Å². The van der Waals surface area contributed by atoms with Crippen LogP contribution in [0, 0.1) is 5.92 Å². The summed E-state index contributed by atoms with van der Waals surface area (Å²) in [6, 6.07) is 8.12. The molecular weight excluding hydrogens is 384 g/mol. The molecular formula is C23H30N2O3S. The van der Waals surface area contributed by atoms with Crippen molar-refractivity contribution < 1.29 is 14.3 Å². The number of rotatable bonds is 7. The summed E-state index contributed by atoms with van der Waals surface area (Å²) in [5.41, 5.74) is 4.36. The maximum atomic E-state index is 13.1. The Kier molecular flexibility index (Phi) is 7.17. The van der Waals surface area contributed by atoms with Crippen LogP contribution < -0.4 is 4.90 Å². The lowest BCUT2D eigenvalue weighted by Crippen LogP contribution is -2.37. The van der Waals surface area contributed by atoms with Crippen molar-refractivity contribution in [3.05, 3.63) is 41.1 Å². The van der Waals surface area contributed by atoms with Crippen molar-refractivity contribution in [2.45, 2.75) is 39.0 Å². The van der Waals surface area contributed by atoms with E-state index in [1.54, 1.807) is 11.8 Å². The molecule has 0 saturated carbocycles. The second kappa shape index (κ2) is 9.61. The van der Waals surface area contributed by atoms with Gasteiger partial charge in [-0.25, -0.2) is 0 Å². The van der Waals surface area contributed by atoms with Gasteiger partial charge in [0.25, 0.3) is 0 Å². The number of benzene rings is 1. The average molecular weight is 415 g/mol. The average Bonchev–Trinajstić information content (AvgIpc) is 2.70. The Labute approximate surface area is 177 Å². The smallest absolute Gasteiger partial charge is 0.315 e. The van der Waals surface area contributed by atoms with Gasteiger partial charge in [-0.15, -0.1) is 0 Å². The Morgan fingerprint density at radius 1 is 1.24 bits per heavy atom. The van der Waals surface area contributed by atoms with E-state index >= 15 is 0 Å². The highest BCUT2D eigenvalue weighted by molar-refractivity contribution is 7.99. The van der Waals surface area contributed by atoms with E-state index in [1.165, 1.54) is 0 Å². The minimum atomic E-state index is -0.548. The maximum absolute atomic E-state index is 13.1. The summed E-state index contributed by atoms with van der Waals surface area (Å²) in [7, 11) is 3.98. The minimum Gasteiger partial charge on any atom is -0.464 e. The number of carbonyl (C=O) groups excluding carboxylic acids is 2. The first-order chi connectivity index (χ1) is 13.9. The molecule has 3 rings (SSSR count). The summed E-state index contributed by atoms with van der Waals surface area (Å²) < 4.78 is 5.60. The molecule has 6 heteroatoms. The van der Waals surface area contributed by atoms with Crippen LogP contribution in [0.25, 0.3) is 0 Å². The van der Waals surface area contributed by atoms with Crippen LogP contribution in [0.15, 0.2) is 40.5 Å². The van der Waals surface area contributed by atoms with Gasteiger partial charge < -0.3 is 9.64 Å². The summed E-state index contributed by atoms with van der Waals surface area (Å²) in [6.07, 6.45) is 2.14. The van der Waals surface area contributed by atoms with Crippen LogP contribution in [0.5, 0.6) is 0 Å². The van der Waals surface area contributed by atoms with Gasteiger partial charge in [-0.3, -0.25) is 14.6 Å². The van der Waals surface area contributed by atoms with Crippen LogP contribution in [-0.2, 0) is 14.3 Å². The molecule has 0 fully saturated rings. The molecule has 0 spiro atoms. The lowest BCUT2D eigenvalue weighted by atomic mass is 9.72. The fraction of sp³-hybridized carbons (Fsp3) is 0.522. The number of nitrogens with zero attached hydrogens (tertiary/aromatic N) is 2. The Bertz CT molecular complexity index is 827. The number of ether oxygens (including phenoxy) is 1. The molecule has 0 amide bonds. The van der Waals surface area contributed by atoms with E-state index in [9.17, 15) is 9.59 Å². The molecule has 1 aromatic carbocycles. The Morgan fingerprint density at radius 3 is 2.62 bits per heavy atom. The van der Waals surface area contributed by atoms with Crippen molar-refractivity contribution in [3.63, 3.8) is 0 Å². The summed E-state index contributed by atoms with van der Waals surface area (Å²) in [4.78, 5) is 32.6. The molecule has 1 aliphatic carbocycles. The van der Waals surface area contributed by atoms with E-state index in [-0.39, 0.29) is 17.7 Å². The predicted molar refractivity (Wildman–Crippen MR) is 120 cm³/mol. The number of Topliss-reactive ketones (excluding diaryl/α,β-unsaturated/α-hetero) is 1. The maximum Gasteiger partial charge on any atom is 0.315 e. The number of aliphatic imine (C=N–C) groups is 1. The molecule has 1 aromatic rings. The number of hydrogen-bond donors (Lipinski definition) is 0. The van der Waals surface area contributed by atoms with Crippen LogP contribution in [0.2, 0.25) is 0 Å². The Hall–Kier alpha value is -2.08. The first-order valence-electron chi connectivity index (χ1n) is 10.3. The zero-order valence-corrected chi connectivity index (χ0v) is 18.6. The van der Waals surface area contributed by atoms with Crippen molar-refractivity contribution in [1.82, 2.24) is 0 Å². The van der Waals surface area contributed by atoms with Crippen LogP contribution in [0.1, 0.15) is 44.6 Å². The van der Waals surface area contributed by atoms with E-state index in [2.05, 4.69) is 11.9 Å². The van der Waals surface area contributed by atoms with Crippen molar-refractivity contribution in [3.8, 4) is 0 Å². The molecule has 1 heterocycles. The van der Waals surface area contributed by atoms with Crippen molar-refractivity contribution in [2.75, 3.05) is 37.1 Å². The van der Waals surface area contributed by atoms with Gasteiger partial charge in [-0.1, -0.05) is 19.1 Å². The molecule has 1 aliphatic heterocycles. The highest BCUT2D eigenvalue weighted by atomic mass is 32.2. The first-order valence-corrected chi connectivity index (χ1v) is 11.4. The summed E-state index contributed by atoms with van der Waals surface area (Å²) >= 11 is 1.74. The topological polar surface area (TPSA) is 59.0 Å². The SMILES string of the molecule is CCSCCOC(=O)C1C(C)=NC2=C(C(=O)CCC2)[C@H]1c1ccc(N(C)C)cc1. The summed E-state index contributed by atoms with van der Waals surface area (Å²) in [5, 5.41) is 0. The molecule has 0 radical (unpaired) electrons. The molecule has 0 bridgehead atoms. The van der Waals surface area contributed by atoms with Gasteiger partial charge in [0.15, 0.2) is 5.78 Å². The van der Waals surface area contributed by atoms with Crippen molar-refractivity contribution >= 4 is 34.9 Å². The third-order valence-corrected chi connectivity index (χ3v) is 6.40. The standard InChI is InChI=1S/C23H30N2O3S/c1-5-29-14-13-28-23(27)20-15(2)24-18-7-6-8-19(26)22(18)21(20)16-9-11-17(12-10-16)25(3)4/h9-12,20-21H,5-8,13-14H2,1-4H3/t20?,21-/m0/s1. The molecule has 2 atom stereocenters. The second-order valence-corrected chi connectivity index (χ2v) is 9.09. The molecule has 0 saturated heterocycles. The molecule has 0 N–H and O–H groups in total. The van der Waals surface area contributed by atoms with Crippen LogP contribution in [0.3, 0.4) is 0 Å². The fourth-order valence-electron chi connectivity index (χ4n) is 4.09. The number of hydrogen-bond acceptors (Lipinski definition) is 6. The van der Waals surface area contributed by atoms with Gasteiger partial charge in [0.05, 0.1) is 0 Å². The minimum absolute atomic E-state index is 0.114. The van der Waals surface area contributed by atoms with Gasteiger partial charge in [0.1, 0.15) is 12.5 Å². The zero-order chi connectivity index (χ0) is 21.0. The van der Waals surface area contributed by atoms with Gasteiger partial charge >= 0.3 is 5.97 Å². The normalized spacial score (nSPS) is 21.5. The second-order valence-electron chi connectivity index (χ2n) is 7.70. The predicted octanol–water partition coefficient (Wildman–Crippen LogP) is 4.23. The van der Waals surface area contributed by atoms with Gasteiger partial charge in [-0.2, -0.15) is 11.8 Å². The molecule has 29 heavy (non-hydrogen) atoms. The molecule has 2 aliphatic rings. The lowest BCUT2D eigenvalue weighted by molar-refractivity contribution is -0.145. The third-order valence-electron chi connectivity index (χ3n) is 5.53. The molecule has 0 aromatic heterocycles. The highest BCUT2D eigenvalue weighted by Crippen LogP contribution is 2.43. The molecule has 156 valence electrons. The van der Waals surface area contributed by atoms with E-state index in [0.29, 0.717) is 18.6 Å². The summed E-state index contributed by atoms with van der Waals surface area (Å²) in [5.74, 6) is 0.733. The number of esters is 1. The number of allylic oxidation sites excluding steroid dienone is 2. The van der Waals surface area contributed by atoms with Gasteiger partial charge in [0.2, 0.25) is 0 Å². The molecule has 5 nitrogen and oxygen atoms in total. The van der Waals surface area contributed by atoms with E-state index in [0.717, 1.165) is 47.0 Å². The quantitative estimate of drug-likeness (QED) is 0.494. The number of anilines is 1. The van der Waals surface area contributed by atoms with E-state index in [4.69, 9.17) is 4.74 Å². The van der Waals surface area contributed by atoms with Gasteiger partial charge in [0, 0.05) is 54.9 Å². The first kappa shape index (κ1) is 21.6. The number of ketones is 1. The Morgan fingerprint density at radius 2 is 1.97 bits per heavy atom. The van der Waals surface area contributed by atoms with E-state index in [1.807, 2.05) is 50.2 Å². The number of carbonyl (C=O) groups is 2. The van der Waals surface area contributed by atoms with Crippen molar-refractivity contribution in [2.24, 2.45) is 10.9 Å². The zero-order valence-electron chi connectivity index (χ0n) is 17.7. The fourth-order valence-corrected chi connectivity index (χ4v) is 4.58. The lowest BCUT2D eigenvalue weighted by Gasteiger charge is -2.34. The third kappa shape index (κ3) is 4.74. The number of thioether (sulfide) groups is 1.